The van der Waals surface area contributed by atoms with Crippen molar-refractivity contribution in [2.24, 2.45) is 0 Å². The number of methoxy groups -OCH3 is 2. The van der Waals surface area contributed by atoms with Crippen LogP contribution in [0.25, 0.3) is 0 Å². The van der Waals surface area contributed by atoms with Crippen LogP contribution in [0, 0.1) is 0 Å². The van der Waals surface area contributed by atoms with E-state index in [1.165, 1.54) is 13.4 Å². The van der Waals surface area contributed by atoms with Gasteiger partial charge in [-0.2, -0.15) is 0 Å². The van der Waals surface area contributed by atoms with Crippen molar-refractivity contribution in [3.8, 4) is 0 Å². The first-order chi connectivity index (χ1) is 12.7. The minimum Gasteiger partial charge on any atom is -0.468 e. The van der Waals surface area contributed by atoms with Gasteiger partial charge in [0.25, 0.3) is 0 Å². The highest BCUT2D eigenvalue weighted by Crippen LogP contribution is 2.42. The van der Waals surface area contributed by atoms with Crippen LogP contribution in [-0.2, 0) is 15.9 Å². The predicted molar refractivity (Wildman–Crippen MR) is 114 cm³/mol. The first-order valence-corrected chi connectivity index (χ1v) is 12.0. The summed E-state index contributed by atoms with van der Waals surface area (Å²) in [6.45, 7) is 14.1. The molecule has 152 valence electrons. The van der Waals surface area contributed by atoms with Crippen molar-refractivity contribution >= 4 is 14.0 Å². The molecule has 0 aromatic carbocycles. The maximum absolute atomic E-state index is 11.5. The molecule has 1 rings (SSSR count). The lowest BCUT2D eigenvalue weighted by atomic mass is 10.2. The molecule has 0 amide bonds. The minimum absolute atomic E-state index is 0.112. The molecule has 0 unspecified atom stereocenters. The van der Waals surface area contributed by atoms with Crippen LogP contribution in [0.2, 0.25) is 16.6 Å². The fourth-order valence-corrected chi connectivity index (χ4v) is 9.73. The van der Waals surface area contributed by atoms with Crippen molar-refractivity contribution in [2.45, 2.75) is 70.7 Å². The van der Waals surface area contributed by atoms with E-state index in [2.05, 4.69) is 59.4 Å². The molecular formula is C22H36O4Si. The molecule has 1 heterocycles. The fourth-order valence-electron chi connectivity index (χ4n) is 4.13. The van der Waals surface area contributed by atoms with E-state index in [-0.39, 0.29) is 6.10 Å². The molecule has 0 aliphatic rings. The van der Waals surface area contributed by atoms with Gasteiger partial charge in [-0.3, -0.25) is 0 Å². The lowest BCUT2D eigenvalue weighted by molar-refractivity contribution is 0.0600. The quantitative estimate of drug-likeness (QED) is 0.280. The van der Waals surface area contributed by atoms with Crippen LogP contribution in [0.3, 0.4) is 0 Å². The van der Waals surface area contributed by atoms with Crippen molar-refractivity contribution in [1.29, 1.82) is 0 Å². The highest BCUT2D eigenvalue weighted by atomic mass is 28.3. The summed E-state index contributed by atoms with van der Waals surface area (Å²) in [6.07, 6.45) is 8.19. The SMILES string of the molecule is COC(=O)c1coc(C[C@H](/C=C/C=C\[Si](C(C)C)(C(C)C)C(C)C)OC)c1. The number of esters is 1. The summed E-state index contributed by atoms with van der Waals surface area (Å²) in [6, 6.07) is 1.70. The number of furan rings is 1. The van der Waals surface area contributed by atoms with Crippen molar-refractivity contribution in [3.63, 3.8) is 0 Å². The van der Waals surface area contributed by atoms with Gasteiger partial charge in [-0.25, -0.2) is 4.79 Å². The largest absolute Gasteiger partial charge is 0.468 e. The van der Waals surface area contributed by atoms with E-state index < -0.39 is 14.0 Å². The summed E-state index contributed by atoms with van der Waals surface area (Å²) in [5.74, 6) is 0.306. The van der Waals surface area contributed by atoms with Crippen LogP contribution < -0.4 is 0 Å². The third-order valence-electron chi connectivity index (χ3n) is 5.60. The Kier molecular flexibility index (Phi) is 9.26. The van der Waals surface area contributed by atoms with Crippen molar-refractivity contribution < 1.29 is 18.7 Å². The molecule has 0 spiro atoms. The maximum atomic E-state index is 11.5. The summed E-state index contributed by atoms with van der Waals surface area (Å²) in [7, 11) is 1.50. The van der Waals surface area contributed by atoms with Gasteiger partial charge < -0.3 is 13.9 Å². The van der Waals surface area contributed by atoms with Crippen molar-refractivity contribution in [1.82, 2.24) is 0 Å². The molecule has 1 atom stereocenters. The van der Waals surface area contributed by atoms with Gasteiger partial charge in [0.15, 0.2) is 0 Å². The standard InChI is InChI=1S/C22H36O4Si/c1-16(2)27(17(3)4,18(5)6)12-10-9-11-20(24-7)14-21-13-19(15-26-21)22(23)25-8/h9-13,15-18,20H,14H2,1-8H3/b11-9+,12-10-/t20-/m0/s1. The van der Waals surface area contributed by atoms with Gasteiger partial charge in [0.2, 0.25) is 0 Å². The summed E-state index contributed by atoms with van der Waals surface area (Å²) < 4.78 is 15.7. The zero-order valence-electron chi connectivity index (χ0n) is 18.1. The normalized spacial score (nSPS) is 14.2. The summed E-state index contributed by atoms with van der Waals surface area (Å²) in [5, 5.41) is 0. The molecule has 1 aromatic heterocycles. The van der Waals surface area contributed by atoms with E-state index in [4.69, 9.17) is 13.9 Å². The van der Waals surface area contributed by atoms with Gasteiger partial charge in [-0.15, -0.1) is 0 Å². The van der Waals surface area contributed by atoms with E-state index in [0.717, 1.165) is 0 Å². The topological polar surface area (TPSA) is 48.7 Å². The van der Waals surface area contributed by atoms with E-state index in [1.54, 1.807) is 13.2 Å². The van der Waals surface area contributed by atoms with E-state index in [9.17, 15) is 4.79 Å². The number of rotatable bonds is 10. The van der Waals surface area contributed by atoms with E-state index in [0.29, 0.717) is 34.4 Å². The molecule has 0 aliphatic heterocycles. The Morgan fingerprint density at radius 1 is 1.07 bits per heavy atom. The third kappa shape index (κ3) is 5.94. The average Bonchev–Trinajstić information content (AvgIpc) is 3.07. The first kappa shape index (κ1) is 23.4. The lowest BCUT2D eigenvalue weighted by Crippen LogP contribution is -2.42. The second-order valence-electron chi connectivity index (χ2n) is 7.98. The number of allylic oxidation sites excluding steroid dienone is 2. The average molecular weight is 393 g/mol. The molecule has 0 aliphatic carbocycles. The molecule has 0 N–H and O–H groups in total. The van der Waals surface area contributed by atoms with Crippen molar-refractivity contribution in [2.75, 3.05) is 14.2 Å². The zero-order valence-corrected chi connectivity index (χ0v) is 19.1. The Labute approximate surface area is 165 Å². The lowest BCUT2D eigenvalue weighted by Gasteiger charge is -2.40. The molecule has 0 radical (unpaired) electrons. The molecule has 5 heteroatoms. The van der Waals surface area contributed by atoms with Gasteiger partial charge in [-0.1, -0.05) is 65.5 Å². The van der Waals surface area contributed by atoms with Crippen LogP contribution in [0.5, 0.6) is 0 Å². The predicted octanol–water partition coefficient (Wildman–Crippen LogP) is 5.95. The van der Waals surface area contributed by atoms with Gasteiger partial charge in [0.1, 0.15) is 12.0 Å². The first-order valence-electron chi connectivity index (χ1n) is 9.73. The van der Waals surface area contributed by atoms with Crippen LogP contribution >= 0.6 is 0 Å². The molecule has 4 nitrogen and oxygen atoms in total. The molecule has 0 saturated carbocycles. The highest BCUT2D eigenvalue weighted by molar-refractivity contribution is 6.88. The fraction of sp³-hybridized carbons (Fsp3) is 0.591. The van der Waals surface area contributed by atoms with Crippen LogP contribution in [0.1, 0.15) is 57.7 Å². The van der Waals surface area contributed by atoms with Gasteiger partial charge in [-0.05, 0) is 22.7 Å². The number of carbonyl (C=O) groups is 1. The molecule has 0 bridgehead atoms. The molecule has 0 saturated heterocycles. The summed E-state index contributed by atoms with van der Waals surface area (Å²) >= 11 is 0. The Morgan fingerprint density at radius 3 is 2.15 bits per heavy atom. The monoisotopic (exact) mass is 392 g/mol. The summed E-state index contributed by atoms with van der Waals surface area (Å²) in [5.41, 5.74) is 4.99. The van der Waals surface area contributed by atoms with E-state index >= 15 is 0 Å². The van der Waals surface area contributed by atoms with Gasteiger partial charge >= 0.3 is 5.97 Å². The number of hydrogen-bond acceptors (Lipinski definition) is 4. The Morgan fingerprint density at radius 2 is 1.67 bits per heavy atom. The van der Waals surface area contributed by atoms with Crippen LogP contribution in [0.4, 0.5) is 0 Å². The Balaban J connectivity index is 2.84. The second-order valence-corrected chi connectivity index (χ2v) is 13.8. The van der Waals surface area contributed by atoms with Crippen LogP contribution in [-0.4, -0.2) is 34.4 Å². The zero-order chi connectivity index (χ0) is 20.6. The number of carbonyl (C=O) groups excluding carboxylic acids is 1. The Hall–Kier alpha value is -1.59. The number of ether oxygens (including phenoxy) is 2. The van der Waals surface area contributed by atoms with E-state index in [1.807, 2.05) is 6.08 Å². The molecule has 0 fully saturated rings. The Bertz CT molecular complexity index is 619. The molecule has 1 aromatic rings. The highest BCUT2D eigenvalue weighted by Gasteiger charge is 2.39. The smallest absolute Gasteiger partial charge is 0.341 e. The van der Waals surface area contributed by atoms with Crippen LogP contribution in [0.15, 0.2) is 40.7 Å². The number of hydrogen-bond donors (Lipinski definition) is 0. The second kappa shape index (κ2) is 10.7. The third-order valence-corrected chi connectivity index (χ3v) is 12.4. The maximum Gasteiger partial charge on any atom is 0.341 e. The molecular weight excluding hydrogens is 356 g/mol. The molecule has 27 heavy (non-hydrogen) atoms. The minimum atomic E-state index is -1.54. The summed E-state index contributed by atoms with van der Waals surface area (Å²) in [4.78, 5) is 11.5. The van der Waals surface area contributed by atoms with Crippen molar-refractivity contribution in [3.05, 3.63) is 47.6 Å². The van der Waals surface area contributed by atoms with Gasteiger partial charge in [0, 0.05) is 13.5 Å². The van der Waals surface area contributed by atoms with Gasteiger partial charge in [0.05, 0.1) is 26.9 Å².